The molecule has 1 aromatic carbocycles. The zero-order valence-corrected chi connectivity index (χ0v) is 13.1. The van der Waals surface area contributed by atoms with E-state index < -0.39 is 0 Å². The third kappa shape index (κ3) is 2.34. The van der Waals surface area contributed by atoms with E-state index in [1.807, 2.05) is 24.3 Å². The standard InChI is InChI=1S/C13H9IN4OS/c14-8-3-1-2-4-9(8)17-12(19)11-10(15)7-5-6-16-18-13(7)20-11/h1-6H,15H2,(H,17,19). The van der Waals surface area contributed by atoms with Crippen LogP contribution in [0.1, 0.15) is 9.67 Å². The summed E-state index contributed by atoms with van der Waals surface area (Å²) in [7, 11) is 0. The van der Waals surface area contributed by atoms with E-state index in [0.29, 0.717) is 15.4 Å². The molecule has 0 aliphatic heterocycles. The maximum absolute atomic E-state index is 12.3. The molecule has 7 heteroatoms. The number of fused-ring (bicyclic) bond motifs is 1. The molecule has 0 bridgehead atoms. The summed E-state index contributed by atoms with van der Waals surface area (Å²) in [6, 6.07) is 9.33. The average Bonchev–Trinajstić information content (AvgIpc) is 2.79. The summed E-state index contributed by atoms with van der Waals surface area (Å²) in [6.07, 6.45) is 1.56. The predicted octanol–water partition coefficient (Wildman–Crippen LogP) is 3.13. The van der Waals surface area contributed by atoms with Crippen molar-refractivity contribution in [3.63, 3.8) is 0 Å². The van der Waals surface area contributed by atoms with Gasteiger partial charge in [0, 0.05) is 8.96 Å². The van der Waals surface area contributed by atoms with E-state index in [1.165, 1.54) is 11.3 Å². The van der Waals surface area contributed by atoms with E-state index in [4.69, 9.17) is 5.73 Å². The molecule has 2 heterocycles. The fourth-order valence-corrected chi connectivity index (χ4v) is 3.24. The number of hydrogen-bond donors (Lipinski definition) is 2. The van der Waals surface area contributed by atoms with Gasteiger partial charge in [-0.15, -0.1) is 16.4 Å². The van der Waals surface area contributed by atoms with Crippen LogP contribution in [0.15, 0.2) is 36.5 Å². The monoisotopic (exact) mass is 396 g/mol. The third-order valence-corrected chi connectivity index (χ3v) is 4.79. The number of nitrogens with zero attached hydrogens (tertiary/aromatic N) is 2. The second kappa shape index (κ2) is 5.33. The molecule has 20 heavy (non-hydrogen) atoms. The maximum Gasteiger partial charge on any atom is 0.267 e. The van der Waals surface area contributed by atoms with Crippen molar-refractivity contribution in [2.24, 2.45) is 0 Å². The van der Waals surface area contributed by atoms with Gasteiger partial charge in [-0.3, -0.25) is 4.79 Å². The largest absolute Gasteiger partial charge is 0.397 e. The molecule has 1 amide bonds. The summed E-state index contributed by atoms with van der Waals surface area (Å²) in [5.74, 6) is -0.227. The van der Waals surface area contributed by atoms with Crippen molar-refractivity contribution in [3.05, 3.63) is 45.0 Å². The number of halogens is 1. The molecule has 0 spiro atoms. The molecular weight excluding hydrogens is 387 g/mol. The topological polar surface area (TPSA) is 80.9 Å². The first-order chi connectivity index (χ1) is 9.66. The van der Waals surface area contributed by atoms with Gasteiger partial charge >= 0.3 is 0 Å². The molecule has 5 nitrogen and oxygen atoms in total. The highest BCUT2D eigenvalue weighted by molar-refractivity contribution is 14.1. The van der Waals surface area contributed by atoms with Crippen LogP contribution in [0, 0.1) is 3.57 Å². The average molecular weight is 396 g/mol. The van der Waals surface area contributed by atoms with Crippen LogP contribution in [0.3, 0.4) is 0 Å². The number of aromatic nitrogens is 2. The summed E-state index contributed by atoms with van der Waals surface area (Å²) in [4.78, 5) is 13.4. The van der Waals surface area contributed by atoms with Gasteiger partial charge in [-0.25, -0.2) is 0 Å². The Balaban J connectivity index is 1.97. The lowest BCUT2D eigenvalue weighted by Gasteiger charge is -2.06. The number of hydrogen-bond acceptors (Lipinski definition) is 5. The number of para-hydroxylation sites is 1. The smallest absolute Gasteiger partial charge is 0.267 e. The molecular formula is C13H9IN4OS. The first kappa shape index (κ1) is 13.3. The Kier molecular flexibility index (Phi) is 3.53. The van der Waals surface area contributed by atoms with Crippen LogP contribution < -0.4 is 11.1 Å². The van der Waals surface area contributed by atoms with Gasteiger partial charge in [-0.05, 0) is 40.8 Å². The van der Waals surface area contributed by atoms with E-state index in [1.54, 1.807) is 12.3 Å². The van der Waals surface area contributed by atoms with Gasteiger partial charge in [0.25, 0.3) is 5.91 Å². The zero-order chi connectivity index (χ0) is 14.1. The van der Waals surface area contributed by atoms with Crippen molar-refractivity contribution in [1.29, 1.82) is 0 Å². The van der Waals surface area contributed by atoms with Gasteiger partial charge in [-0.1, -0.05) is 12.1 Å². The van der Waals surface area contributed by atoms with Crippen molar-refractivity contribution < 1.29 is 4.79 Å². The summed E-state index contributed by atoms with van der Waals surface area (Å²) in [5, 5.41) is 11.4. The quantitative estimate of drug-likeness (QED) is 0.653. The minimum atomic E-state index is -0.227. The zero-order valence-electron chi connectivity index (χ0n) is 10.1. The molecule has 3 aromatic rings. The Bertz CT molecular complexity index is 802. The number of anilines is 2. The minimum Gasteiger partial charge on any atom is -0.397 e. The Hall–Kier alpha value is -1.74. The Labute approximate surface area is 132 Å². The molecule has 0 saturated carbocycles. The van der Waals surface area contributed by atoms with Crippen LogP contribution in [0.5, 0.6) is 0 Å². The van der Waals surface area contributed by atoms with E-state index in [0.717, 1.165) is 14.6 Å². The highest BCUT2D eigenvalue weighted by atomic mass is 127. The fraction of sp³-hybridized carbons (Fsp3) is 0. The van der Waals surface area contributed by atoms with E-state index in [2.05, 4.69) is 38.1 Å². The molecule has 3 N–H and O–H groups in total. The molecule has 0 radical (unpaired) electrons. The summed E-state index contributed by atoms with van der Waals surface area (Å²) >= 11 is 3.42. The lowest BCUT2D eigenvalue weighted by molar-refractivity contribution is 0.103. The van der Waals surface area contributed by atoms with Gasteiger partial charge in [0.1, 0.15) is 9.71 Å². The number of thiophene rings is 1. The molecule has 0 aliphatic carbocycles. The minimum absolute atomic E-state index is 0.227. The van der Waals surface area contributed by atoms with Crippen molar-refractivity contribution in [3.8, 4) is 0 Å². The molecule has 0 atom stereocenters. The van der Waals surface area contributed by atoms with Crippen LogP contribution in [-0.4, -0.2) is 16.1 Å². The van der Waals surface area contributed by atoms with Crippen molar-refractivity contribution in [2.75, 3.05) is 11.1 Å². The Morgan fingerprint density at radius 1 is 1.30 bits per heavy atom. The Morgan fingerprint density at radius 3 is 2.85 bits per heavy atom. The van der Waals surface area contributed by atoms with Gasteiger partial charge in [0.2, 0.25) is 0 Å². The number of nitrogen functional groups attached to an aromatic ring is 1. The van der Waals surface area contributed by atoms with E-state index >= 15 is 0 Å². The maximum atomic E-state index is 12.3. The fourth-order valence-electron chi connectivity index (χ4n) is 1.78. The second-order valence-corrected chi connectivity index (χ2v) is 6.19. The molecule has 0 aliphatic rings. The number of nitrogens with two attached hydrogens (primary N) is 1. The summed E-state index contributed by atoms with van der Waals surface area (Å²) in [5.41, 5.74) is 7.22. The van der Waals surface area contributed by atoms with Crippen LogP contribution in [0.2, 0.25) is 0 Å². The molecule has 2 aromatic heterocycles. The molecule has 100 valence electrons. The van der Waals surface area contributed by atoms with Crippen LogP contribution in [-0.2, 0) is 0 Å². The Morgan fingerprint density at radius 2 is 2.10 bits per heavy atom. The molecule has 0 saturated heterocycles. The SMILES string of the molecule is Nc1c(C(=O)Nc2ccccc2I)sc2nnccc12. The predicted molar refractivity (Wildman–Crippen MR) is 88.9 cm³/mol. The van der Waals surface area contributed by atoms with Gasteiger partial charge in [0.05, 0.1) is 17.6 Å². The van der Waals surface area contributed by atoms with Gasteiger partial charge in [0.15, 0.2) is 0 Å². The number of nitrogens with one attached hydrogen (secondary N) is 1. The number of carbonyl (C=O) groups excluding carboxylic acids is 1. The van der Waals surface area contributed by atoms with Crippen molar-refractivity contribution in [1.82, 2.24) is 10.2 Å². The van der Waals surface area contributed by atoms with Crippen LogP contribution >= 0.6 is 33.9 Å². The lowest BCUT2D eigenvalue weighted by Crippen LogP contribution is -2.12. The number of rotatable bonds is 2. The van der Waals surface area contributed by atoms with Crippen LogP contribution in [0.4, 0.5) is 11.4 Å². The van der Waals surface area contributed by atoms with Crippen LogP contribution in [0.25, 0.3) is 10.2 Å². The van der Waals surface area contributed by atoms with Crippen molar-refractivity contribution in [2.45, 2.75) is 0 Å². The van der Waals surface area contributed by atoms with E-state index in [9.17, 15) is 4.79 Å². The van der Waals surface area contributed by atoms with E-state index in [-0.39, 0.29) is 5.91 Å². The number of amides is 1. The number of carbonyl (C=O) groups is 1. The van der Waals surface area contributed by atoms with Gasteiger partial charge < -0.3 is 11.1 Å². The third-order valence-electron chi connectivity index (χ3n) is 2.75. The summed E-state index contributed by atoms with van der Waals surface area (Å²) < 4.78 is 0.970. The second-order valence-electron chi connectivity index (χ2n) is 4.03. The summed E-state index contributed by atoms with van der Waals surface area (Å²) in [6.45, 7) is 0. The highest BCUT2D eigenvalue weighted by Gasteiger charge is 2.17. The highest BCUT2D eigenvalue weighted by Crippen LogP contribution is 2.32. The van der Waals surface area contributed by atoms with Crippen molar-refractivity contribution >= 4 is 61.4 Å². The first-order valence-electron chi connectivity index (χ1n) is 5.72. The first-order valence-corrected chi connectivity index (χ1v) is 7.62. The number of benzene rings is 1. The lowest BCUT2D eigenvalue weighted by atomic mass is 10.2. The molecule has 3 rings (SSSR count). The molecule has 0 unspecified atom stereocenters. The van der Waals surface area contributed by atoms with Gasteiger partial charge in [-0.2, -0.15) is 5.10 Å². The molecule has 0 fully saturated rings. The normalized spacial score (nSPS) is 10.7.